The summed E-state index contributed by atoms with van der Waals surface area (Å²) in [5.74, 6) is -0.735. The molecular formula is C26H35N5O5S. The number of carbonyl (C=O) groups excluding carboxylic acids is 3. The van der Waals surface area contributed by atoms with E-state index in [0.29, 0.717) is 30.9 Å². The van der Waals surface area contributed by atoms with Gasteiger partial charge in [0, 0.05) is 63.0 Å². The summed E-state index contributed by atoms with van der Waals surface area (Å²) < 4.78 is 27.5. The number of carbonyl (C=O) groups is 3. The number of nitrogens with zero attached hydrogens (tertiary/aromatic N) is 3. The van der Waals surface area contributed by atoms with Crippen LogP contribution in [0.5, 0.6) is 0 Å². The van der Waals surface area contributed by atoms with Crippen molar-refractivity contribution >= 4 is 33.4 Å². The van der Waals surface area contributed by atoms with Gasteiger partial charge in [-0.2, -0.15) is 4.31 Å². The largest absolute Gasteiger partial charge is 0.351 e. The molecule has 0 unspecified atom stereocenters. The van der Waals surface area contributed by atoms with Gasteiger partial charge in [0.2, 0.25) is 15.9 Å². The lowest BCUT2D eigenvalue weighted by Crippen LogP contribution is -2.49. The molecule has 2 N–H and O–H groups in total. The van der Waals surface area contributed by atoms with E-state index in [-0.39, 0.29) is 35.4 Å². The first-order valence-corrected chi connectivity index (χ1v) is 13.9. The maximum absolute atomic E-state index is 13.1. The highest BCUT2D eigenvalue weighted by Crippen LogP contribution is 2.20. The first-order chi connectivity index (χ1) is 17.6. The molecule has 37 heavy (non-hydrogen) atoms. The molecule has 1 heterocycles. The van der Waals surface area contributed by atoms with E-state index < -0.39 is 15.9 Å². The Morgan fingerprint density at radius 3 is 2.14 bits per heavy atom. The summed E-state index contributed by atoms with van der Waals surface area (Å²) in [4.78, 5) is 40.6. The normalized spacial score (nSPS) is 14.4. The first-order valence-electron chi connectivity index (χ1n) is 12.4. The van der Waals surface area contributed by atoms with Crippen LogP contribution in [0.25, 0.3) is 0 Å². The average Bonchev–Trinajstić information content (AvgIpc) is 2.91. The highest BCUT2D eigenvalue weighted by Gasteiger charge is 2.29. The third kappa shape index (κ3) is 7.37. The molecule has 0 saturated carbocycles. The van der Waals surface area contributed by atoms with Crippen LogP contribution in [0.2, 0.25) is 0 Å². The van der Waals surface area contributed by atoms with Crippen molar-refractivity contribution < 1.29 is 22.8 Å². The lowest BCUT2D eigenvalue weighted by molar-refractivity contribution is -0.129. The maximum Gasteiger partial charge on any atom is 0.255 e. The minimum Gasteiger partial charge on any atom is -0.351 e. The number of anilines is 1. The monoisotopic (exact) mass is 529 g/mol. The van der Waals surface area contributed by atoms with Crippen LogP contribution in [0.4, 0.5) is 5.69 Å². The van der Waals surface area contributed by atoms with Crippen LogP contribution in [0.1, 0.15) is 41.5 Å². The third-order valence-electron chi connectivity index (χ3n) is 6.43. The molecule has 0 aromatic heterocycles. The Morgan fingerprint density at radius 1 is 0.892 bits per heavy atom. The number of hydrogen-bond donors (Lipinski definition) is 2. The average molecular weight is 530 g/mol. The first kappa shape index (κ1) is 28.3. The van der Waals surface area contributed by atoms with Gasteiger partial charge in [-0.05, 0) is 55.6 Å². The Hall–Kier alpha value is -3.28. The van der Waals surface area contributed by atoms with E-state index in [9.17, 15) is 22.8 Å². The van der Waals surface area contributed by atoms with Crippen LogP contribution in [-0.2, 0) is 14.8 Å². The number of hydrogen-bond acceptors (Lipinski definition) is 6. The number of benzene rings is 2. The predicted octanol–water partition coefficient (Wildman–Crippen LogP) is 1.86. The maximum atomic E-state index is 13.1. The van der Waals surface area contributed by atoms with E-state index in [0.717, 1.165) is 19.6 Å². The highest BCUT2D eigenvalue weighted by molar-refractivity contribution is 7.89. The van der Waals surface area contributed by atoms with E-state index >= 15 is 0 Å². The van der Waals surface area contributed by atoms with Crippen LogP contribution >= 0.6 is 0 Å². The molecule has 200 valence electrons. The van der Waals surface area contributed by atoms with Crippen molar-refractivity contribution in [2.45, 2.75) is 25.7 Å². The quantitative estimate of drug-likeness (QED) is 0.485. The molecule has 0 aliphatic carbocycles. The summed E-state index contributed by atoms with van der Waals surface area (Å²) in [7, 11) is -3.80. The standard InChI is InChI=1S/C26H35N5O5S/c1-4-29(5-2)14-13-27-25(33)21-9-11-23(12-10-21)28-26(34)22-7-6-8-24(19-22)37(35,36)31-17-15-30(16-18-31)20(3)32/h6-12,19H,4-5,13-18H2,1-3H3,(H,27,33)(H,28,34). The molecule has 2 aromatic rings. The zero-order valence-electron chi connectivity index (χ0n) is 21.6. The summed E-state index contributed by atoms with van der Waals surface area (Å²) >= 11 is 0. The molecule has 1 fully saturated rings. The van der Waals surface area contributed by atoms with Crippen LogP contribution < -0.4 is 10.6 Å². The molecule has 0 radical (unpaired) electrons. The number of piperazine rings is 1. The second kappa shape index (κ2) is 12.8. The van der Waals surface area contributed by atoms with Gasteiger partial charge in [-0.1, -0.05) is 19.9 Å². The molecule has 1 aliphatic rings. The molecule has 1 saturated heterocycles. The molecular weight excluding hydrogens is 494 g/mol. The number of amides is 3. The Kier molecular flexibility index (Phi) is 9.79. The third-order valence-corrected chi connectivity index (χ3v) is 8.33. The van der Waals surface area contributed by atoms with Gasteiger partial charge in [-0.25, -0.2) is 8.42 Å². The summed E-state index contributed by atoms with van der Waals surface area (Å²) in [6.45, 7) is 9.85. The molecule has 0 atom stereocenters. The SMILES string of the molecule is CCN(CC)CCNC(=O)c1ccc(NC(=O)c2cccc(S(=O)(=O)N3CCN(C(C)=O)CC3)c2)cc1. The number of nitrogens with one attached hydrogen (secondary N) is 2. The lowest BCUT2D eigenvalue weighted by Gasteiger charge is -2.33. The predicted molar refractivity (Wildman–Crippen MR) is 142 cm³/mol. The molecule has 3 rings (SSSR count). The summed E-state index contributed by atoms with van der Waals surface area (Å²) in [6, 6.07) is 12.4. The number of sulfonamides is 1. The van der Waals surface area contributed by atoms with Crippen molar-refractivity contribution in [3.8, 4) is 0 Å². The fourth-order valence-electron chi connectivity index (χ4n) is 4.07. The molecule has 11 heteroatoms. The minimum absolute atomic E-state index is 0.0214. The van der Waals surface area contributed by atoms with E-state index in [2.05, 4.69) is 29.4 Å². The number of likely N-dealkylation sites (N-methyl/N-ethyl adjacent to an activating group) is 1. The molecule has 2 aromatic carbocycles. The van der Waals surface area contributed by atoms with Crippen LogP contribution in [0.15, 0.2) is 53.4 Å². The molecule has 3 amide bonds. The molecule has 0 spiro atoms. The smallest absolute Gasteiger partial charge is 0.255 e. The van der Waals surface area contributed by atoms with Gasteiger partial charge < -0.3 is 20.4 Å². The van der Waals surface area contributed by atoms with Crippen molar-refractivity contribution in [2.24, 2.45) is 0 Å². The Bertz CT molecular complexity index is 1200. The van der Waals surface area contributed by atoms with E-state index in [1.165, 1.54) is 29.4 Å². The van der Waals surface area contributed by atoms with E-state index in [1.807, 2.05) is 0 Å². The zero-order valence-corrected chi connectivity index (χ0v) is 22.4. The second-order valence-electron chi connectivity index (χ2n) is 8.75. The topological polar surface area (TPSA) is 119 Å². The van der Waals surface area contributed by atoms with Crippen LogP contribution in [0, 0.1) is 0 Å². The fourth-order valence-corrected chi connectivity index (χ4v) is 5.54. The zero-order chi connectivity index (χ0) is 27.0. The van der Waals surface area contributed by atoms with Crippen molar-refractivity contribution in [1.82, 2.24) is 19.4 Å². The second-order valence-corrected chi connectivity index (χ2v) is 10.7. The van der Waals surface area contributed by atoms with Crippen molar-refractivity contribution in [2.75, 3.05) is 57.7 Å². The van der Waals surface area contributed by atoms with Gasteiger partial charge in [0.25, 0.3) is 11.8 Å². The van der Waals surface area contributed by atoms with Crippen molar-refractivity contribution in [1.29, 1.82) is 0 Å². The van der Waals surface area contributed by atoms with Gasteiger partial charge in [-0.3, -0.25) is 14.4 Å². The summed E-state index contributed by atoms with van der Waals surface area (Å²) in [5, 5.41) is 5.64. The van der Waals surface area contributed by atoms with Gasteiger partial charge >= 0.3 is 0 Å². The van der Waals surface area contributed by atoms with Crippen molar-refractivity contribution in [3.05, 3.63) is 59.7 Å². The van der Waals surface area contributed by atoms with Crippen LogP contribution in [-0.4, -0.2) is 92.6 Å². The van der Waals surface area contributed by atoms with E-state index in [4.69, 9.17) is 0 Å². The van der Waals surface area contributed by atoms with Gasteiger partial charge in [0.15, 0.2) is 0 Å². The summed E-state index contributed by atoms with van der Waals surface area (Å²) in [6.07, 6.45) is 0. The Morgan fingerprint density at radius 2 is 1.54 bits per heavy atom. The molecule has 1 aliphatic heterocycles. The number of rotatable bonds is 10. The van der Waals surface area contributed by atoms with Gasteiger partial charge in [0.1, 0.15) is 0 Å². The minimum atomic E-state index is -3.80. The van der Waals surface area contributed by atoms with Crippen molar-refractivity contribution in [3.63, 3.8) is 0 Å². The Balaban J connectivity index is 1.60. The fraction of sp³-hybridized carbons (Fsp3) is 0.423. The van der Waals surface area contributed by atoms with Gasteiger partial charge in [-0.15, -0.1) is 0 Å². The summed E-state index contributed by atoms with van der Waals surface area (Å²) in [5.41, 5.74) is 1.16. The van der Waals surface area contributed by atoms with Crippen LogP contribution in [0.3, 0.4) is 0 Å². The highest BCUT2D eigenvalue weighted by atomic mass is 32.2. The Labute approximate surface area is 218 Å². The lowest BCUT2D eigenvalue weighted by atomic mass is 10.1. The molecule has 10 nitrogen and oxygen atoms in total. The molecule has 0 bridgehead atoms. The van der Waals surface area contributed by atoms with Gasteiger partial charge in [0.05, 0.1) is 4.90 Å². The van der Waals surface area contributed by atoms with E-state index in [1.54, 1.807) is 35.2 Å².